The highest BCUT2D eigenvalue weighted by atomic mass is 16.5. The molecule has 0 saturated carbocycles. The molecule has 2 heteroatoms. The second-order valence-corrected chi connectivity index (χ2v) is 9.61. The Balaban J connectivity index is 1.82. The molecule has 0 amide bonds. The second kappa shape index (κ2) is 8.18. The lowest BCUT2D eigenvalue weighted by Gasteiger charge is -2.42. The molecule has 2 nitrogen and oxygen atoms in total. The van der Waals surface area contributed by atoms with Gasteiger partial charge in [0, 0.05) is 6.42 Å². The van der Waals surface area contributed by atoms with Gasteiger partial charge in [-0.15, -0.1) is 0 Å². The van der Waals surface area contributed by atoms with Crippen molar-refractivity contribution in [2.24, 2.45) is 0 Å². The van der Waals surface area contributed by atoms with Gasteiger partial charge in [0.15, 0.2) is 0 Å². The zero-order valence-corrected chi connectivity index (χ0v) is 18.8. The van der Waals surface area contributed by atoms with Gasteiger partial charge >= 0.3 is 5.97 Å². The number of rotatable bonds is 5. The zero-order valence-electron chi connectivity index (χ0n) is 18.8. The highest BCUT2D eigenvalue weighted by molar-refractivity contribution is 5.80. The van der Waals surface area contributed by atoms with Gasteiger partial charge in [-0.2, -0.15) is 0 Å². The van der Waals surface area contributed by atoms with E-state index in [1.54, 1.807) is 0 Å². The Morgan fingerprint density at radius 2 is 1.59 bits per heavy atom. The summed E-state index contributed by atoms with van der Waals surface area (Å²) in [5, 5.41) is 0. The Labute approximate surface area is 176 Å². The van der Waals surface area contributed by atoms with Crippen LogP contribution in [0.5, 0.6) is 0 Å². The molecule has 2 aromatic carbocycles. The molecule has 0 aliphatic heterocycles. The van der Waals surface area contributed by atoms with Gasteiger partial charge < -0.3 is 4.74 Å². The molecule has 154 valence electrons. The van der Waals surface area contributed by atoms with Crippen LogP contribution in [0.4, 0.5) is 0 Å². The van der Waals surface area contributed by atoms with Crippen molar-refractivity contribution >= 4 is 17.6 Å². The van der Waals surface area contributed by atoms with Crippen LogP contribution in [-0.4, -0.2) is 5.97 Å². The number of ether oxygens (including phenoxy) is 1. The maximum Gasteiger partial charge on any atom is 0.305 e. The Bertz CT molecular complexity index is 914. The largest absolute Gasteiger partial charge is 0.461 e. The molecular formula is C27H34O2. The van der Waals surface area contributed by atoms with Gasteiger partial charge in [-0.05, 0) is 64.0 Å². The Morgan fingerprint density at radius 3 is 2.21 bits per heavy atom. The minimum absolute atomic E-state index is 0.164. The van der Waals surface area contributed by atoms with Gasteiger partial charge in [-0.1, -0.05) is 83.2 Å². The van der Waals surface area contributed by atoms with Crippen LogP contribution in [0.2, 0.25) is 0 Å². The number of esters is 1. The summed E-state index contributed by atoms with van der Waals surface area (Å²) < 4.78 is 5.20. The van der Waals surface area contributed by atoms with Crippen LogP contribution in [-0.2, 0) is 27.0 Å². The van der Waals surface area contributed by atoms with Crippen molar-refractivity contribution in [1.29, 1.82) is 0 Å². The summed E-state index contributed by atoms with van der Waals surface area (Å²) in [6.07, 6.45) is 5.10. The molecule has 1 aliphatic rings. The van der Waals surface area contributed by atoms with Crippen LogP contribution >= 0.6 is 0 Å². The van der Waals surface area contributed by atoms with Gasteiger partial charge in [0.25, 0.3) is 0 Å². The number of carbonyl (C=O) groups excluding carboxylic acids is 1. The van der Waals surface area contributed by atoms with E-state index in [2.05, 4.69) is 71.0 Å². The lowest BCUT2D eigenvalue weighted by molar-refractivity contribution is -0.144. The predicted octanol–water partition coefficient (Wildman–Crippen LogP) is 7.05. The molecule has 0 fully saturated rings. The SMILES string of the molecule is CCC(=O)OCc1ccc(C=C(C)c2ccc3c(c2)C(C)(C)CCC3(C)C)cc1. The van der Waals surface area contributed by atoms with Gasteiger partial charge in [-0.25, -0.2) is 0 Å². The van der Waals surface area contributed by atoms with Crippen LogP contribution in [0.25, 0.3) is 11.6 Å². The minimum atomic E-state index is -0.164. The maximum absolute atomic E-state index is 11.3. The van der Waals surface area contributed by atoms with Gasteiger partial charge in [0.05, 0.1) is 0 Å². The first-order valence-corrected chi connectivity index (χ1v) is 10.7. The first-order chi connectivity index (χ1) is 13.6. The normalized spacial score (nSPS) is 17.5. The fourth-order valence-electron chi connectivity index (χ4n) is 4.14. The molecule has 0 saturated heterocycles. The summed E-state index contributed by atoms with van der Waals surface area (Å²) in [4.78, 5) is 11.3. The summed E-state index contributed by atoms with van der Waals surface area (Å²) in [7, 11) is 0. The van der Waals surface area contributed by atoms with E-state index in [9.17, 15) is 4.79 Å². The van der Waals surface area contributed by atoms with Gasteiger partial charge in [0.1, 0.15) is 6.61 Å². The van der Waals surface area contributed by atoms with Crippen LogP contribution in [0, 0.1) is 0 Å². The van der Waals surface area contributed by atoms with E-state index in [0.29, 0.717) is 13.0 Å². The molecule has 0 radical (unpaired) electrons. The predicted molar refractivity (Wildman–Crippen MR) is 122 cm³/mol. The standard InChI is InChI=1S/C27H34O2/c1-7-25(28)29-18-21-10-8-20(9-11-21)16-19(2)22-12-13-23-24(17-22)27(5,6)15-14-26(23,3)4/h8-13,16-17H,7,14-15,18H2,1-6H3. The summed E-state index contributed by atoms with van der Waals surface area (Å²) in [6, 6.07) is 15.2. The lowest BCUT2D eigenvalue weighted by Crippen LogP contribution is -2.33. The van der Waals surface area contributed by atoms with E-state index in [0.717, 1.165) is 11.1 Å². The molecule has 0 unspecified atom stereocenters. The minimum Gasteiger partial charge on any atom is -0.461 e. The average molecular weight is 391 g/mol. The van der Waals surface area contributed by atoms with E-state index >= 15 is 0 Å². The fraction of sp³-hybridized carbons (Fsp3) is 0.444. The summed E-state index contributed by atoms with van der Waals surface area (Å²) >= 11 is 0. The highest BCUT2D eigenvalue weighted by Crippen LogP contribution is 2.46. The molecule has 0 heterocycles. The number of hydrogen-bond acceptors (Lipinski definition) is 2. The quantitative estimate of drug-likeness (QED) is 0.404. The first-order valence-electron chi connectivity index (χ1n) is 10.7. The lowest BCUT2D eigenvalue weighted by atomic mass is 9.63. The molecule has 1 aliphatic carbocycles. The van der Waals surface area contributed by atoms with Crippen molar-refractivity contribution in [2.45, 2.75) is 78.2 Å². The number of allylic oxidation sites excluding steroid dienone is 1. The molecule has 0 atom stereocenters. The van der Waals surface area contributed by atoms with Crippen LogP contribution in [0.3, 0.4) is 0 Å². The first kappa shape index (κ1) is 21.4. The molecule has 0 bridgehead atoms. The average Bonchev–Trinajstić information content (AvgIpc) is 2.70. The van der Waals surface area contributed by atoms with E-state index in [1.165, 1.54) is 35.1 Å². The molecule has 0 aromatic heterocycles. The van der Waals surface area contributed by atoms with Crippen molar-refractivity contribution < 1.29 is 9.53 Å². The maximum atomic E-state index is 11.3. The topological polar surface area (TPSA) is 26.3 Å². The van der Waals surface area contributed by atoms with E-state index in [1.807, 2.05) is 19.1 Å². The summed E-state index contributed by atoms with van der Waals surface area (Å²) in [6.45, 7) is 13.8. The van der Waals surface area contributed by atoms with Crippen molar-refractivity contribution in [2.75, 3.05) is 0 Å². The molecule has 0 N–H and O–H groups in total. The second-order valence-electron chi connectivity index (χ2n) is 9.61. The molecule has 2 aromatic rings. The summed E-state index contributed by atoms with van der Waals surface area (Å²) in [5.41, 5.74) is 8.18. The molecule has 29 heavy (non-hydrogen) atoms. The zero-order chi connectivity index (χ0) is 21.2. The number of hydrogen-bond donors (Lipinski definition) is 0. The van der Waals surface area contributed by atoms with Crippen LogP contribution < -0.4 is 0 Å². The van der Waals surface area contributed by atoms with Gasteiger partial charge in [0.2, 0.25) is 0 Å². The van der Waals surface area contributed by atoms with Gasteiger partial charge in [-0.3, -0.25) is 4.79 Å². The van der Waals surface area contributed by atoms with Crippen LogP contribution in [0.15, 0.2) is 42.5 Å². The number of carbonyl (C=O) groups is 1. The third kappa shape index (κ3) is 4.80. The van der Waals surface area contributed by atoms with Crippen molar-refractivity contribution in [3.05, 3.63) is 70.3 Å². The Morgan fingerprint density at radius 1 is 0.966 bits per heavy atom. The van der Waals surface area contributed by atoms with E-state index < -0.39 is 0 Å². The monoisotopic (exact) mass is 390 g/mol. The highest BCUT2D eigenvalue weighted by Gasteiger charge is 2.36. The molecule has 3 rings (SSSR count). The fourth-order valence-corrected chi connectivity index (χ4v) is 4.14. The number of fused-ring (bicyclic) bond motifs is 1. The number of benzene rings is 2. The third-order valence-corrected chi connectivity index (χ3v) is 6.36. The Kier molecular flexibility index (Phi) is 6.03. The van der Waals surface area contributed by atoms with Crippen LogP contribution in [0.1, 0.15) is 88.6 Å². The van der Waals surface area contributed by atoms with Crippen molar-refractivity contribution in [1.82, 2.24) is 0 Å². The van der Waals surface area contributed by atoms with E-state index in [4.69, 9.17) is 4.74 Å². The summed E-state index contributed by atoms with van der Waals surface area (Å²) in [5.74, 6) is -0.164. The van der Waals surface area contributed by atoms with Crippen molar-refractivity contribution in [3.8, 4) is 0 Å². The van der Waals surface area contributed by atoms with E-state index in [-0.39, 0.29) is 16.8 Å². The Hall–Kier alpha value is -2.35. The molecular weight excluding hydrogens is 356 g/mol. The third-order valence-electron chi connectivity index (χ3n) is 6.36. The van der Waals surface area contributed by atoms with Crippen molar-refractivity contribution in [3.63, 3.8) is 0 Å². The molecule has 0 spiro atoms. The smallest absolute Gasteiger partial charge is 0.305 e.